The van der Waals surface area contributed by atoms with E-state index >= 15 is 0 Å². The van der Waals surface area contributed by atoms with Crippen LogP contribution in [-0.2, 0) is 10.6 Å². The highest BCUT2D eigenvalue weighted by Crippen LogP contribution is 2.27. The number of nitrogens with zero attached hydrogens (tertiary/aromatic N) is 1. The Kier molecular flexibility index (Phi) is 4.00. The molecule has 1 N–H and O–H groups in total. The summed E-state index contributed by atoms with van der Waals surface area (Å²) in [5, 5.41) is 9.36. The number of hydrogen-bond donors (Lipinski definition) is 1. The Morgan fingerprint density at radius 1 is 1.69 bits per heavy atom. The van der Waals surface area contributed by atoms with E-state index < -0.39 is 29.5 Å². The number of hydrogen-bond acceptors (Lipinski definition) is 4. The molecule has 0 saturated heterocycles. The molecule has 4 nitrogen and oxygen atoms in total. The Morgan fingerprint density at radius 3 is 2.75 bits per heavy atom. The van der Waals surface area contributed by atoms with E-state index in [9.17, 15) is 18.7 Å². The minimum atomic E-state index is -2.88. The molecule has 1 aromatic rings. The molecule has 0 aliphatic rings. The van der Waals surface area contributed by atoms with Crippen molar-refractivity contribution in [1.82, 2.24) is 4.98 Å². The number of carbonyl (C=O) groups is 1. The lowest BCUT2D eigenvalue weighted by Crippen LogP contribution is -2.09. The Morgan fingerprint density at radius 2 is 2.31 bits per heavy atom. The van der Waals surface area contributed by atoms with E-state index in [1.54, 1.807) is 0 Å². The van der Waals surface area contributed by atoms with E-state index in [1.807, 2.05) is 0 Å². The molecule has 0 aliphatic carbocycles. The van der Waals surface area contributed by atoms with Crippen LogP contribution in [0.5, 0.6) is 5.75 Å². The summed E-state index contributed by atoms with van der Waals surface area (Å²) in [5.41, 5.74) is -1.21. The van der Waals surface area contributed by atoms with Crippen molar-refractivity contribution in [3.8, 4) is 5.75 Å². The third kappa shape index (κ3) is 2.38. The van der Waals surface area contributed by atoms with Crippen LogP contribution in [-0.4, -0.2) is 23.2 Å². The zero-order valence-corrected chi connectivity index (χ0v) is 8.96. The monoisotopic (exact) mass is 251 g/mol. The van der Waals surface area contributed by atoms with Crippen LogP contribution in [0.15, 0.2) is 6.07 Å². The second-order valence-electron chi connectivity index (χ2n) is 2.83. The standard InChI is InChI=1S/C9H8ClF2NO3/c1-16-9(15)7-5(14)2-4(3-10)6(13-7)8(11)12/h2,8,14H,3H2,1H3. The fraction of sp³-hybridized carbons (Fsp3) is 0.333. The van der Waals surface area contributed by atoms with Gasteiger partial charge in [0.05, 0.1) is 7.11 Å². The number of pyridine rings is 1. The zero-order chi connectivity index (χ0) is 12.3. The predicted molar refractivity (Wildman–Crippen MR) is 51.8 cm³/mol. The van der Waals surface area contributed by atoms with Crippen molar-refractivity contribution in [1.29, 1.82) is 0 Å². The van der Waals surface area contributed by atoms with Gasteiger partial charge in [0.2, 0.25) is 0 Å². The van der Waals surface area contributed by atoms with Crippen LogP contribution in [0, 0.1) is 0 Å². The molecular weight excluding hydrogens is 244 g/mol. The number of alkyl halides is 3. The lowest BCUT2D eigenvalue weighted by Gasteiger charge is -2.09. The van der Waals surface area contributed by atoms with Gasteiger partial charge in [-0.1, -0.05) is 0 Å². The zero-order valence-electron chi connectivity index (χ0n) is 8.21. The van der Waals surface area contributed by atoms with Gasteiger partial charge in [-0.05, 0) is 11.6 Å². The summed E-state index contributed by atoms with van der Waals surface area (Å²) >= 11 is 5.41. The number of esters is 1. The summed E-state index contributed by atoms with van der Waals surface area (Å²) in [4.78, 5) is 14.4. The maximum absolute atomic E-state index is 12.5. The van der Waals surface area contributed by atoms with Crippen molar-refractivity contribution >= 4 is 17.6 Å². The van der Waals surface area contributed by atoms with Gasteiger partial charge in [-0.3, -0.25) is 0 Å². The average molecular weight is 252 g/mol. The molecule has 0 aromatic carbocycles. The number of ether oxygens (including phenoxy) is 1. The molecule has 0 amide bonds. The van der Waals surface area contributed by atoms with Gasteiger partial charge in [-0.2, -0.15) is 0 Å². The summed E-state index contributed by atoms with van der Waals surface area (Å²) < 4.78 is 29.4. The van der Waals surface area contributed by atoms with Gasteiger partial charge in [-0.25, -0.2) is 18.6 Å². The Labute approximate surface area is 94.8 Å². The molecule has 0 fully saturated rings. The smallest absolute Gasteiger partial charge is 0.360 e. The summed E-state index contributed by atoms with van der Waals surface area (Å²) in [6, 6.07) is 0.980. The largest absolute Gasteiger partial charge is 0.505 e. The van der Waals surface area contributed by atoms with Gasteiger partial charge in [0.1, 0.15) is 11.4 Å². The van der Waals surface area contributed by atoms with Crippen LogP contribution in [0.25, 0.3) is 0 Å². The molecule has 88 valence electrons. The first-order valence-corrected chi connectivity index (χ1v) is 4.70. The number of halogens is 3. The lowest BCUT2D eigenvalue weighted by molar-refractivity contribution is 0.0588. The van der Waals surface area contributed by atoms with E-state index in [0.29, 0.717) is 0 Å². The van der Waals surface area contributed by atoms with Crippen molar-refractivity contribution in [2.45, 2.75) is 12.3 Å². The van der Waals surface area contributed by atoms with Crippen molar-refractivity contribution in [2.75, 3.05) is 7.11 Å². The molecule has 16 heavy (non-hydrogen) atoms. The van der Waals surface area contributed by atoms with Crippen LogP contribution in [0.2, 0.25) is 0 Å². The number of aromatic nitrogens is 1. The number of carbonyl (C=O) groups excluding carboxylic acids is 1. The number of rotatable bonds is 3. The van der Waals surface area contributed by atoms with E-state index in [-0.39, 0.29) is 11.4 Å². The first kappa shape index (κ1) is 12.6. The van der Waals surface area contributed by atoms with Crippen molar-refractivity contribution in [3.05, 3.63) is 23.0 Å². The Bertz CT molecular complexity index is 412. The molecule has 1 aromatic heterocycles. The number of aromatic hydroxyl groups is 1. The highest BCUT2D eigenvalue weighted by Gasteiger charge is 2.22. The highest BCUT2D eigenvalue weighted by molar-refractivity contribution is 6.17. The van der Waals surface area contributed by atoms with E-state index in [2.05, 4.69) is 9.72 Å². The summed E-state index contributed by atoms with van der Waals surface area (Å²) in [7, 11) is 1.06. The maximum atomic E-state index is 12.5. The number of methoxy groups -OCH3 is 1. The molecule has 1 rings (SSSR count). The van der Waals surface area contributed by atoms with Crippen LogP contribution in [0.4, 0.5) is 8.78 Å². The molecule has 0 unspecified atom stereocenters. The first-order valence-electron chi connectivity index (χ1n) is 4.16. The Hall–Kier alpha value is -1.43. The molecular formula is C9H8ClF2NO3. The van der Waals surface area contributed by atoms with Crippen LogP contribution >= 0.6 is 11.6 Å². The second-order valence-corrected chi connectivity index (χ2v) is 3.09. The van der Waals surface area contributed by atoms with Crippen molar-refractivity contribution in [3.63, 3.8) is 0 Å². The maximum Gasteiger partial charge on any atom is 0.360 e. The van der Waals surface area contributed by atoms with Gasteiger partial charge < -0.3 is 9.84 Å². The quantitative estimate of drug-likeness (QED) is 0.661. The van der Waals surface area contributed by atoms with Crippen molar-refractivity contribution in [2.24, 2.45) is 0 Å². The minimum absolute atomic E-state index is 0.0261. The molecule has 1 heterocycles. The van der Waals surface area contributed by atoms with Gasteiger partial charge in [0.15, 0.2) is 5.69 Å². The van der Waals surface area contributed by atoms with Crippen LogP contribution in [0.1, 0.15) is 28.2 Å². The van der Waals surface area contributed by atoms with Gasteiger partial charge in [-0.15, -0.1) is 11.6 Å². The Balaban J connectivity index is 3.33. The van der Waals surface area contributed by atoms with Gasteiger partial charge in [0.25, 0.3) is 6.43 Å². The summed E-state index contributed by atoms with van der Waals surface area (Å²) in [6.45, 7) is 0. The molecule has 0 aliphatic heterocycles. The summed E-state index contributed by atoms with van der Waals surface area (Å²) in [5.74, 6) is -1.76. The second kappa shape index (κ2) is 5.07. The van der Waals surface area contributed by atoms with E-state index in [0.717, 1.165) is 13.2 Å². The van der Waals surface area contributed by atoms with E-state index in [1.165, 1.54) is 0 Å². The SMILES string of the molecule is COC(=O)c1nc(C(F)F)c(CCl)cc1O. The molecule has 0 atom stereocenters. The minimum Gasteiger partial charge on any atom is -0.505 e. The van der Waals surface area contributed by atoms with Crippen molar-refractivity contribution < 1.29 is 23.4 Å². The highest BCUT2D eigenvalue weighted by atomic mass is 35.5. The molecule has 0 radical (unpaired) electrons. The molecule has 0 spiro atoms. The molecule has 0 saturated carbocycles. The van der Waals surface area contributed by atoms with E-state index in [4.69, 9.17) is 11.6 Å². The summed E-state index contributed by atoms with van der Waals surface area (Å²) in [6.07, 6.45) is -2.88. The van der Waals surface area contributed by atoms with Crippen LogP contribution in [0.3, 0.4) is 0 Å². The fourth-order valence-electron chi connectivity index (χ4n) is 1.10. The topological polar surface area (TPSA) is 59.4 Å². The molecule has 0 bridgehead atoms. The average Bonchev–Trinajstić information content (AvgIpc) is 2.27. The normalized spacial score (nSPS) is 10.6. The fourth-order valence-corrected chi connectivity index (χ4v) is 1.31. The van der Waals surface area contributed by atoms with Crippen LogP contribution < -0.4 is 0 Å². The van der Waals surface area contributed by atoms with Gasteiger partial charge >= 0.3 is 5.97 Å². The predicted octanol–water partition coefficient (Wildman–Crippen LogP) is 2.25. The third-order valence-electron chi connectivity index (χ3n) is 1.84. The molecule has 7 heteroatoms. The first-order chi connectivity index (χ1) is 7.51. The third-order valence-corrected chi connectivity index (χ3v) is 2.13. The van der Waals surface area contributed by atoms with Gasteiger partial charge in [0, 0.05) is 5.88 Å². The lowest BCUT2D eigenvalue weighted by atomic mass is 10.2.